The van der Waals surface area contributed by atoms with E-state index in [1.807, 2.05) is 4.90 Å². The van der Waals surface area contributed by atoms with Crippen LogP contribution >= 0.6 is 11.6 Å². The number of nitrogens with zero attached hydrogens (tertiary/aromatic N) is 6. The van der Waals surface area contributed by atoms with Crippen molar-refractivity contribution in [2.75, 3.05) is 36.8 Å². The summed E-state index contributed by atoms with van der Waals surface area (Å²) in [5.74, 6) is -0.299. The maximum absolute atomic E-state index is 13.6. The van der Waals surface area contributed by atoms with E-state index in [-0.39, 0.29) is 23.1 Å². The Labute approximate surface area is 202 Å². The zero-order chi connectivity index (χ0) is 24.4. The van der Waals surface area contributed by atoms with Crippen molar-refractivity contribution in [1.29, 1.82) is 0 Å². The molecule has 3 heterocycles. The third kappa shape index (κ3) is 5.37. The SMILES string of the molecule is CC(C)c1c(/C=C/CN2CCN(c3cc(F)cc(F)c3)C[C@H]2C)cnn1-c1cc(Cl)nc(N)n1. The normalized spacial score (nSPS) is 17.3. The zero-order valence-electron chi connectivity index (χ0n) is 19.4. The van der Waals surface area contributed by atoms with Crippen LogP contribution in [-0.4, -0.2) is 56.9 Å². The van der Waals surface area contributed by atoms with Gasteiger partial charge < -0.3 is 10.6 Å². The second-order valence-electron chi connectivity index (χ2n) is 8.78. The average Bonchev–Trinajstić information content (AvgIpc) is 3.18. The third-order valence-electron chi connectivity index (χ3n) is 5.91. The Balaban J connectivity index is 1.45. The highest BCUT2D eigenvalue weighted by Crippen LogP contribution is 2.25. The molecule has 1 fully saturated rings. The van der Waals surface area contributed by atoms with Crippen LogP contribution < -0.4 is 10.6 Å². The number of anilines is 2. The lowest BCUT2D eigenvalue weighted by Crippen LogP contribution is -2.51. The number of halogens is 3. The highest BCUT2D eigenvalue weighted by atomic mass is 35.5. The Morgan fingerprint density at radius 2 is 1.88 bits per heavy atom. The Kier molecular flexibility index (Phi) is 7.13. The quantitative estimate of drug-likeness (QED) is 0.515. The van der Waals surface area contributed by atoms with E-state index in [9.17, 15) is 8.78 Å². The van der Waals surface area contributed by atoms with Crippen molar-refractivity contribution in [3.05, 3.63) is 64.6 Å². The van der Waals surface area contributed by atoms with Crippen LogP contribution in [0.15, 0.2) is 36.5 Å². The van der Waals surface area contributed by atoms with Gasteiger partial charge in [0, 0.05) is 55.6 Å². The number of piperazine rings is 1. The molecule has 0 radical (unpaired) electrons. The number of hydrogen-bond acceptors (Lipinski definition) is 6. The van der Waals surface area contributed by atoms with E-state index in [0.29, 0.717) is 24.6 Å². The second kappa shape index (κ2) is 10.1. The fraction of sp³-hybridized carbons (Fsp3) is 0.375. The van der Waals surface area contributed by atoms with E-state index in [0.717, 1.165) is 30.4 Å². The highest BCUT2D eigenvalue weighted by Gasteiger charge is 2.24. The molecule has 0 aliphatic carbocycles. The number of nitrogens with two attached hydrogens (primary N) is 1. The van der Waals surface area contributed by atoms with E-state index in [1.54, 1.807) is 16.9 Å². The number of benzene rings is 1. The molecule has 0 amide bonds. The van der Waals surface area contributed by atoms with Gasteiger partial charge in [0.05, 0.1) is 11.9 Å². The van der Waals surface area contributed by atoms with Gasteiger partial charge in [-0.2, -0.15) is 10.1 Å². The van der Waals surface area contributed by atoms with Gasteiger partial charge in [-0.15, -0.1) is 0 Å². The second-order valence-corrected chi connectivity index (χ2v) is 9.17. The first-order chi connectivity index (χ1) is 16.2. The van der Waals surface area contributed by atoms with E-state index in [1.165, 1.54) is 12.1 Å². The topological polar surface area (TPSA) is 76.1 Å². The first kappa shape index (κ1) is 24.1. The molecule has 1 aliphatic rings. The Hall–Kier alpha value is -3.04. The summed E-state index contributed by atoms with van der Waals surface area (Å²) in [6.45, 7) is 9.24. The molecule has 4 rings (SSSR count). The maximum Gasteiger partial charge on any atom is 0.223 e. The summed E-state index contributed by atoms with van der Waals surface area (Å²) in [6, 6.07) is 5.53. The Bertz CT molecular complexity index is 1150. The molecule has 0 saturated carbocycles. The van der Waals surface area contributed by atoms with Crippen LogP contribution in [0, 0.1) is 11.6 Å². The fourth-order valence-corrected chi connectivity index (χ4v) is 4.51. The summed E-state index contributed by atoms with van der Waals surface area (Å²) in [7, 11) is 0. The molecular weight excluding hydrogens is 460 g/mol. The third-order valence-corrected chi connectivity index (χ3v) is 6.11. The molecule has 0 bridgehead atoms. The van der Waals surface area contributed by atoms with Gasteiger partial charge in [0.25, 0.3) is 0 Å². The lowest BCUT2D eigenvalue weighted by atomic mass is 10.1. The molecule has 1 saturated heterocycles. The summed E-state index contributed by atoms with van der Waals surface area (Å²) in [5, 5.41) is 4.77. The first-order valence-corrected chi connectivity index (χ1v) is 11.6. The number of nitrogen functional groups attached to an aromatic ring is 1. The van der Waals surface area contributed by atoms with Crippen LogP contribution in [0.4, 0.5) is 20.4 Å². The number of aromatic nitrogens is 4. The van der Waals surface area contributed by atoms with Crippen LogP contribution in [0.25, 0.3) is 11.9 Å². The summed E-state index contributed by atoms with van der Waals surface area (Å²) in [5.41, 5.74) is 8.33. The van der Waals surface area contributed by atoms with E-state index in [4.69, 9.17) is 17.3 Å². The average molecular weight is 488 g/mol. The smallest absolute Gasteiger partial charge is 0.223 e. The molecular formula is C24H28ClF2N7. The van der Waals surface area contributed by atoms with Gasteiger partial charge in [0.15, 0.2) is 5.82 Å². The standard InChI is InChI=1S/C24H28ClF2N7/c1-15(2)23-17(13-29-34(23)22-12-21(25)30-24(28)31-22)5-4-6-32-7-8-33(14-16(32)3)20-10-18(26)9-19(27)11-20/h4-5,9-13,15-16H,6-8,14H2,1-3H3,(H2,28,30,31)/b5-4+/t16-/m1/s1. The molecule has 1 aromatic carbocycles. The van der Waals surface area contributed by atoms with E-state index in [2.05, 4.69) is 52.9 Å². The lowest BCUT2D eigenvalue weighted by Gasteiger charge is -2.40. The minimum absolute atomic E-state index is 0.0962. The van der Waals surface area contributed by atoms with Crippen LogP contribution in [-0.2, 0) is 0 Å². The van der Waals surface area contributed by atoms with E-state index >= 15 is 0 Å². The summed E-state index contributed by atoms with van der Waals surface area (Å²) >= 11 is 6.05. The van der Waals surface area contributed by atoms with E-state index < -0.39 is 11.6 Å². The molecule has 2 aromatic heterocycles. The molecule has 0 unspecified atom stereocenters. The molecule has 1 aliphatic heterocycles. The number of rotatable bonds is 6. The van der Waals surface area contributed by atoms with Crippen LogP contribution in [0.1, 0.15) is 37.9 Å². The van der Waals surface area contributed by atoms with Crippen molar-refractivity contribution in [3.8, 4) is 5.82 Å². The van der Waals surface area contributed by atoms with Gasteiger partial charge in [-0.1, -0.05) is 37.6 Å². The van der Waals surface area contributed by atoms with Crippen LogP contribution in [0.3, 0.4) is 0 Å². The summed E-state index contributed by atoms with van der Waals surface area (Å²) < 4.78 is 29.0. The zero-order valence-corrected chi connectivity index (χ0v) is 20.2. The Morgan fingerprint density at radius 3 is 2.53 bits per heavy atom. The van der Waals surface area contributed by atoms with Crippen molar-refractivity contribution in [2.45, 2.75) is 32.7 Å². The fourth-order valence-electron chi connectivity index (χ4n) is 4.33. The van der Waals surface area contributed by atoms with Gasteiger partial charge in [-0.05, 0) is 25.0 Å². The van der Waals surface area contributed by atoms with Crippen LogP contribution in [0.5, 0.6) is 0 Å². The minimum atomic E-state index is -0.554. The van der Waals surface area contributed by atoms with Crippen molar-refractivity contribution in [3.63, 3.8) is 0 Å². The first-order valence-electron chi connectivity index (χ1n) is 11.2. The molecule has 0 spiro atoms. The van der Waals surface area contributed by atoms with Gasteiger partial charge in [0.1, 0.15) is 16.8 Å². The predicted octanol–water partition coefficient (Wildman–Crippen LogP) is 4.52. The summed E-state index contributed by atoms with van der Waals surface area (Å²) in [6.07, 6.45) is 5.98. The summed E-state index contributed by atoms with van der Waals surface area (Å²) in [4.78, 5) is 12.5. The largest absolute Gasteiger partial charge is 0.369 e. The molecule has 1 atom stereocenters. The highest BCUT2D eigenvalue weighted by molar-refractivity contribution is 6.29. The minimum Gasteiger partial charge on any atom is -0.369 e. The van der Waals surface area contributed by atoms with Crippen LogP contribution in [0.2, 0.25) is 5.15 Å². The monoisotopic (exact) mass is 487 g/mol. The molecule has 2 N–H and O–H groups in total. The molecule has 3 aromatic rings. The number of hydrogen-bond donors (Lipinski definition) is 1. The predicted molar refractivity (Wildman–Crippen MR) is 131 cm³/mol. The van der Waals surface area contributed by atoms with Crippen molar-refractivity contribution in [2.24, 2.45) is 0 Å². The Morgan fingerprint density at radius 1 is 1.15 bits per heavy atom. The van der Waals surface area contributed by atoms with Gasteiger partial charge >= 0.3 is 0 Å². The maximum atomic E-state index is 13.6. The van der Waals surface area contributed by atoms with Gasteiger partial charge in [-0.3, -0.25) is 4.90 Å². The van der Waals surface area contributed by atoms with Crippen molar-refractivity contribution >= 4 is 29.3 Å². The lowest BCUT2D eigenvalue weighted by molar-refractivity contribution is 0.210. The molecule has 180 valence electrons. The molecule has 7 nitrogen and oxygen atoms in total. The molecule has 34 heavy (non-hydrogen) atoms. The van der Waals surface area contributed by atoms with Gasteiger partial charge in [0.2, 0.25) is 5.95 Å². The van der Waals surface area contributed by atoms with Crippen molar-refractivity contribution in [1.82, 2.24) is 24.6 Å². The molecule has 10 heteroatoms. The van der Waals surface area contributed by atoms with Gasteiger partial charge in [-0.25, -0.2) is 18.4 Å². The van der Waals surface area contributed by atoms with Crippen molar-refractivity contribution < 1.29 is 8.78 Å².